The van der Waals surface area contributed by atoms with Crippen LogP contribution in [0.3, 0.4) is 0 Å². The number of aliphatic hydroxyl groups is 1. The molecule has 0 aliphatic carbocycles. The van der Waals surface area contributed by atoms with Crippen LogP contribution < -0.4 is 11.1 Å². The molecule has 0 heterocycles. The zero-order valence-corrected chi connectivity index (χ0v) is 11.8. The molecule has 0 aromatic heterocycles. The minimum Gasteiger partial charge on any atom is -0.388 e. The Bertz CT molecular complexity index is 246. The normalized spacial score (nSPS) is 18.6. The highest BCUT2D eigenvalue weighted by molar-refractivity contribution is 5.82. The van der Waals surface area contributed by atoms with Crippen LogP contribution in [0.15, 0.2) is 0 Å². The monoisotopic (exact) mass is 244 g/mol. The van der Waals surface area contributed by atoms with E-state index in [1.54, 1.807) is 6.92 Å². The SMILES string of the molecule is CCC(C)(CN)C(=O)NCC(C)(O)CC(C)C. The standard InChI is InChI=1S/C13H28N2O2/c1-6-12(4,8-14)11(16)15-9-13(5,17)7-10(2)3/h10,17H,6-9,14H2,1-5H3,(H,15,16). The molecule has 0 aliphatic rings. The fourth-order valence-corrected chi connectivity index (χ4v) is 1.83. The Morgan fingerprint density at radius 2 is 1.94 bits per heavy atom. The number of hydrogen-bond acceptors (Lipinski definition) is 3. The predicted molar refractivity (Wildman–Crippen MR) is 70.5 cm³/mol. The second kappa shape index (κ2) is 6.36. The highest BCUT2D eigenvalue weighted by atomic mass is 16.3. The summed E-state index contributed by atoms with van der Waals surface area (Å²) < 4.78 is 0. The summed E-state index contributed by atoms with van der Waals surface area (Å²) in [4.78, 5) is 12.0. The maximum Gasteiger partial charge on any atom is 0.227 e. The number of carbonyl (C=O) groups excluding carboxylic acids is 1. The van der Waals surface area contributed by atoms with E-state index in [0.29, 0.717) is 25.3 Å². The first kappa shape index (κ1) is 16.4. The Kier molecular flexibility index (Phi) is 6.13. The molecular weight excluding hydrogens is 216 g/mol. The second-order valence-corrected chi connectivity index (χ2v) is 5.90. The van der Waals surface area contributed by atoms with Crippen molar-refractivity contribution in [3.63, 3.8) is 0 Å². The van der Waals surface area contributed by atoms with Crippen LogP contribution in [-0.4, -0.2) is 29.7 Å². The van der Waals surface area contributed by atoms with E-state index in [9.17, 15) is 9.90 Å². The number of nitrogens with two attached hydrogens (primary N) is 1. The van der Waals surface area contributed by atoms with Gasteiger partial charge < -0.3 is 16.2 Å². The molecule has 0 aromatic rings. The Morgan fingerprint density at radius 1 is 1.41 bits per heavy atom. The third-order valence-electron chi connectivity index (χ3n) is 3.26. The smallest absolute Gasteiger partial charge is 0.227 e. The molecule has 0 saturated heterocycles. The Labute approximate surface area is 105 Å². The third-order valence-corrected chi connectivity index (χ3v) is 3.26. The lowest BCUT2D eigenvalue weighted by molar-refractivity contribution is -0.131. The fraction of sp³-hybridized carbons (Fsp3) is 0.923. The summed E-state index contributed by atoms with van der Waals surface area (Å²) in [5, 5.41) is 12.9. The number of rotatable bonds is 7. The van der Waals surface area contributed by atoms with Gasteiger partial charge in [0.15, 0.2) is 0 Å². The summed E-state index contributed by atoms with van der Waals surface area (Å²) in [5.41, 5.74) is 4.23. The van der Waals surface area contributed by atoms with Crippen LogP contribution in [0.2, 0.25) is 0 Å². The van der Waals surface area contributed by atoms with E-state index in [4.69, 9.17) is 5.73 Å². The van der Waals surface area contributed by atoms with Crippen LogP contribution in [0.5, 0.6) is 0 Å². The van der Waals surface area contributed by atoms with E-state index < -0.39 is 11.0 Å². The quantitative estimate of drug-likeness (QED) is 0.631. The maximum absolute atomic E-state index is 12.0. The zero-order chi connectivity index (χ0) is 13.7. The van der Waals surface area contributed by atoms with Gasteiger partial charge in [0.05, 0.1) is 11.0 Å². The fourth-order valence-electron chi connectivity index (χ4n) is 1.83. The van der Waals surface area contributed by atoms with Crippen molar-refractivity contribution < 1.29 is 9.90 Å². The van der Waals surface area contributed by atoms with Gasteiger partial charge >= 0.3 is 0 Å². The van der Waals surface area contributed by atoms with Gasteiger partial charge in [-0.2, -0.15) is 0 Å². The highest BCUT2D eigenvalue weighted by Crippen LogP contribution is 2.20. The lowest BCUT2D eigenvalue weighted by atomic mass is 9.86. The van der Waals surface area contributed by atoms with E-state index in [2.05, 4.69) is 5.32 Å². The molecule has 0 radical (unpaired) electrons. The van der Waals surface area contributed by atoms with E-state index in [1.165, 1.54) is 0 Å². The van der Waals surface area contributed by atoms with Gasteiger partial charge in [-0.05, 0) is 32.6 Å². The summed E-state index contributed by atoms with van der Waals surface area (Å²) in [6.45, 7) is 10.2. The molecule has 0 saturated carbocycles. The number of amides is 1. The number of carbonyl (C=O) groups is 1. The first-order valence-corrected chi connectivity index (χ1v) is 6.37. The van der Waals surface area contributed by atoms with Gasteiger partial charge in [0.2, 0.25) is 5.91 Å². The molecule has 0 aliphatic heterocycles. The van der Waals surface area contributed by atoms with Crippen molar-refractivity contribution in [2.24, 2.45) is 17.1 Å². The number of hydrogen-bond donors (Lipinski definition) is 3. The minimum absolute atomic E-state index is 0.0773. The predicted octanol–water partition coefficient (Wildman–Crippen LogP) is 1.27. The molecule has 1 amide bonds. The molecule has 4 N–H and O–H groups in total. The van der Waals surface area contributed by atoms with Crippen molar-refractivity contribution in [2.45, 2.75) is 53.1 Å². The summed E-state index contributed by atoms with van der Waals surface area (Å²) in [7, 11) is 0. The Hall–Kier alpha value is -0.610. The van der Waals surface area contributed by atoms with Crippen molar-refractivity contribution in [1.82, 2.24) is 5.32 Å². The van der Waals surface area contributed by atoms with Gasteiger partial charge in [-0.3, -0.25) is 4.79 Å². The molecule has 2 atom stereocenters. The van der Waals surface area contributed by atoms with Crippen molar-refractivity contribution >= 4 is 5.91 Å². The summed E-state index contributed by atoms with van der Waals surface area (Å²) >= 11 is 0. The molecule has 0 spiro atoms. The topological polar surface area (TPSA) is 75.4 Å². The molecule has 0 rings (SSSR count). The first-order valence-electron chi connectivity index (χ1n) is 6.37. The maximum atomic E-state index is 12.0. The Balaban J connectivity index is 4.33. The van der Waals surface area contributed by atoms with Crippen molar-refractivity contribution in [3.05, 3.63) is 0 Å². The molecule has 102 valence electrons. The number of nitrogens with one attached hydrogen (secondary N) is 1. The second-order valence-electron chi connectivity index (χ2n) is 5.90. The summed E-state index contributed by atoms with van der Waals surface area (Å²) in [5.74, 6) is 0.320. The Morgan fingerprint density at radius 3 is 2.29 bits per heavy atom. The molecule has 0 aromatic carbocycles. The summed E-state index contributed by atoms with van der Waals surface area (Å²) in [6.07, 6.45) is 1.36. The van der Waals surface area contributed by atoms with E-state index in [1.807, 2.05) is 27.7 Å². The molecule has 17 heavy (non-hydrogen) atoms. The zero-order valence-electron chi connectivity index (χ0n) is 11.8. The van der Waals surface area contributed by atoms with Gasteiger partial charge in [-0.25, -0.2) is 0 Å². The van der Waals surface area contributed by atoms with Gasteiger partial charge in [-0.1, -0.05) is 20.8 Å². The van der Waals surface area contributed by atoms with Gasteiger partial charge in [-0.15, -0.1) is 0 Å². The van der Waals surface area contributed by atoms with Crippen molar-refractivity contribution in [2.75, 3.05) is 13.1 Å². The molecule has 0 bridgehead atoms. The molecular formula is C13H28N2O2. The first-order chi connectivity index (χ1) is 7.67. The molecule has 0 fully saturated rings. The van der Waals surface area contributed by atoms with E-state index in [0.717, 1.165) is 0 Å². The highest BCUT2D eigenvalue weighted by Gasteiger charge is 2.31. The van der Waals surface area contributed by atoms with E-state index in [-0.39, 0.29) is 12.5 Å². The lowest BCUT2D eigenvalue weighted by Gasteiger charge is -2.30. The van der Waals surface area contributed by atoms with Crippen LogP contribution in [0.25, 0.3) is 0 Å². The van der Waals surface area contributed by atoms with E-state index >= 15 is 0 Å². The van der Waals surface area contributed by atoms with Crippen LogP contribution in [0.4, 0.5) is 0 Å². The van der Waals surface area contributed by atoms with Gasteiger partial charge in [0.25, 0.3) is 0 Å². The third kappa shape index (κ3) is 5.50. The van der Waals surface area contributed by atoms with Crippen molar-refractivity contribution in [1.29, 1.82) is 0 Å². The van der Waals surface area contributed by atoms with Gasteiger partial charge in [0, 0.05) is 13.1 Å². The lowest BCUT2D eigenvalue weighted by Crippen LogP contribution is -2.49. The van der Waals surface area contributed by atoms with Crippen LogP contribution in [0, 0.1) is 11.3 Å². The molecule has 4 nitrogen and oxygen atoms in total. The average Bonchev–Trinajstić information content (AvgIpc) is 2.23. The largest absolute Gasteiger partial charge is 0.388 e. The van der Waals surface area contributed by atoms with Gasteiger partial charge in [0.1, 0.15) is 0 Å². The van der Waals surface area contributed by atoms with Crippen LogP contribution in [0.1, 0.15) is 47.5 Å². The van der Waals surface area contributed by atoms with Crippen LogP contribution >= 0.6 is 0 Å². The summed E-state index contributed by atoms with van der Waals surface area (Å²) in [6, 6.07) is 0. The minimum atomic E-state index is -0.854. The van der Waals surface area contributed by atoms with Crippen molar-refractivity contribution in [3.8, 4) is 0 Å². The average molecular weight is 244 g/mol. The molecule has 2 unspecified atom stereocenters. The molecule has 4 heteroatoms. The van der Waals surface area contributed by atoms with Crippen LogP contribution in [-0.2, 0) is 4.79 Å².